The first kappa shape index (κ1) is 35.4. The van der Waals surface area contributed by atoms with Crippen LogP contribution in [0.3, 0.4) is 0 Å². The number of aliphatic carboxylic acids is 1. The van der Waals surface area contributed by atoms with E-state index in [4.69, 9.17) is 20.8 Å². The van der Waals surface area contributed by atoms with Crippen LogP contribution in [0.2, 0.25) is 0 Å². The highest BCUT2D eigenvalue weighted by Gasteiger charge is 2.38. The summed E-state index contributed by atoms with van der Waals surface area (Å²) < 4.78 is 16.6. The Hall–Kier alpha value is -4.75. The van der Waals surface area contributed by atoms with Crippen molar-refractivity contribution in [3.63, 3.8) is 0 Å². The molecule has 0 spiro atoms. The van der Waals surface area contributed by atoms with Crippen molar-refractivity contribution in [2.75, 3.05) is 25.5 Å². The topological polar surface area (TPSA) is 214 Å². The maximum absolute atomic E-state index is 12.7. The molecule has 4 atom stereocenters. The third kappa shape index (κ3) is 11.2. The van der Waals surface area contributed by atoms with Crippen LogP contribution >= 0.6 is 0 Å². The van der Waals surface area contributed by atoms with E-state index in [0.29, 0.717) is 5.56 Å². The number of carboxylic acids is 1. The summed E-state index contributed by atoms with van der Waals surface area (Å²) >= 11 is 0. The van der Waals surface area contributed by atoms with Gasteiger partial charge in [-0.15, -0.1) is 0 Å². The molecule has 1 aliphatic rings. The normalized spacial score (nSPS) is 18.2. The van der Waals surface area contributed by atoms with Crippen molar-refractivity contribution in [3.05, 3.63) is 28.6 Å². The molecule has 0 bridgehead atoms. The van der Waals surface area contributed by atoms with Gasteiger partial charge < -0.3 is 40.4 Å². The largest absolute Gasteiger partial charge is 0.537 e. The minimum atomic E-state index is -1.30. The Balaban J connectivity index is 2.18. The van der Waals surface area contributed by atoms with E-state index in [1.807, 2.05) is 0 Å². The zero-order chi connectivity index (χ0) is 33.0. The second kappa shape index (κ2) is 16.8. The summed E-state index contributed by atoms with van der Waals surface area (Å²) in [6.07, 6.45) is -4.59. The van der Waals surface area contributed by atoms with Gasteiger partial charge in [0.2, 0.25) is 24.0 Å². The number of likely N-dealkylation sites (N-methyl/N-ethyl adjacent to an activating group) is 1. The van der Waals surface area contributed by atoms with Crippen molar-refractivity contribution in [1.82, 2.24) is 15.5 Å². The summed E-state index contributed by atoms with van der Waals surface area (Å²) in [6, 6.07) is 3.46. The van der Waals surface area contributed by atoms with E-state index < -0.39 is 54.3 Å². The monoisotopic (exact) mass is 620 g/mol. The zero-order valence-electron chi connectivity index (χ0n) is 24.9. The molecular weight excluding hydrogens is 582 g/mol. The van der Waals surface area contributed by atoms with Gasteiger partial charge in [0.05, 0.1) is 18.3 Å². The first-order valence-electron chi connectivity index (χ1n) is 13.7. The van der Waals surface area contributed by atoms with E-state index in [0.717, 1.165) is 4.90 Å². The molecule has 16 heteroatoms. The molecule has 5 amide bonds. The second-order valence-corrected chi connectivity index (χ2v) is 10.3. The first-order valence-corrected chi connectivity index (χ1v) is 13.7. The second-order valence-electron chi connectivity index (χ2n) is 10.3. The van der Waals surface area contributed by atoms with Crippen LogP contribution in [0.15, 0.2) is 18.2 Å². The van der Waals surface area contributed by atoms with E-state index in [1.54, 1.807) is 13.8 Å². The molecule has 5 N–H and O–H groups in total. The van der Waals surface area contributed by atoms with Crippen LogP contribution in [0.1, 0.15) is 45.6 Å². The molecule has 0 aliphatic carbocycles. The molecule has 240 valence electrons. The number of amides is 5. The van der Waals surface area contributed by atoms with Gasteiger partial charge in [-0.2, -0.15) is 4.79 Å². The van der Waals surface area contributed by atoms with E-state index in [2.05, 4.69) is 20.8 Å². The van der Waals surface area contributed by atoms with Crippen LogP contribution < -0.4 is 20.7 Å². The minimum absolute atomic E-state index is 0.0337. The SMILES string of the molecule is C#[N+]C(=O)[C@H](C(C)C)N(C)C(=O)OCc1ccc(OC2CC(O)C[C@@H](C(=O)O)O2)c(NC(=O)CCNC(=O)CNC(C)=O)c1. The van der Waals surface area contributed by atoms with Gasteiger partial charge in [0.25, 0.3) is 6.57 Å². The number of ether oxygens (including phenoxy) is 3. The summed E-state index contributed by atoms with van der Waals surface area (Å²) in [6.45, 7) is 9.23. The van der Waals surface area contributed by atoms with Gasteiger partial charge in [0.15, 0.2) is 12.1 Å². The fourth-order valence-electron chi connectivity index (χ4n) is 4.23. The fourth-order valence-corrected chi connectivity index (χ4v) is 4.23. The van der Waals surface area contributed by atoms with Gasteiger partial charge in [-0.3, -0.25) is 19.3 Å². The van der Waals surface area contributed by atoms with Crippen LogP contribution in [-0.2, 0) is 40.1 Å². The summed E-state index contributed by atoms with van der Waals surface area (Å²) in [5.41, 5.74) is 0.510. The lowest BCUT2D eigenvalue weighted by atomic mass is 10.0. The molecule has 0 aromatic heterocycles. The summed E-state index contributed by atoms with van der Waals surface area (Å²) in [5.74, 6) is -3.62. The first-order chi connectivity index (χ1) is 20.7. The Kier molecular flexibility index (Phi) is 13.5. The highest BCUT2D eigenvalue weighted by Crippen LogP contribution is 2.31. The van der Waals surface area contributed by atoms with Gasteiger partial charge in [-0.1, -0.05) is 19.9 Å². The number of carboxylic acid groups (broad SMARTS) is 1. The molecule has 0 radical (unpaired) electrons. The molecule has 1 heterocycles. The number of aliphatic hydroxyl groups is 1. The molecule has 1 aliphatic heterocycles. The maximum Gasteiger partial charge on any atom is 0.537 e. The summed E-state index contributed by atoms with van der Waals surface area (Å²) in [4.78, 5) is 75.9. The number of nitrogens with one attached hydrogen (secondary N) is 3. The van der Waals surface area contributed by atoms with Gasteiger partial charge in [0.1, 0.15) is 12.4 Å². The third-order valence-corrected chi connectivity index (χ3v) is 6.37. The Morgan fingerprint density at radius 1 is 1.14 bits per heavy atom. The van der Waals surface area contributed by atoms with Crippen LogP contribution in [0.25, 0.3) is 4.85 Å². The summed E-state index contributed by atoms with van der Waals surface area (Å²) in [7, 11) is 1.37. The molecule has 2 unspecified atom stereocenters. The van der Waals surface area contributed by atoms with Crippen LogP contribution in [-0.4, -0.2) is 95.5 Å². The van der Waals surface area contributed by atoms with Crippen molar-refractivity contribution in [2.24, 2.45) is 5.92 Å². The fraction of sp³-hybridized carbons (Fsp3) is 0.536. The van der Waals surface area contributed by atoms with Crippen molar-refractivity contribution in [3.8, 4) is 12.3 Å². The van der Waals surface area contributed by atoms with Gasteiger partial charge in [-0.05, 0) is 23.6 Å². The van der Waals surface area contributed by atoms with Gasteiger partial charge >= 0.3 is 18.0 Å². The quantitative estimate of drug-likeness (QED) is 0.195. The lowest BCUT2D eigenvalue weighted by Crippen LogP contribution is -2.45. The van der Waals surface area contributed by atoms with Crippen molar-refractivity contribution < 1.29 is 53.2 Å². The number of hydrogen-bond acceptors (Lipinski definition) is 10. The number of aliphatic hydroxyl groups excluding tert-OH is 1. The van der Waals surface area contributed by atoms with Crippen LogP contribution in [0.4, 0.5) is 10.5 Å². The number of benzene rings is 1. The average Bonchev–Trinajstić information content (AvgIpc) is 2.95. The average molecular weight is 621 g/mol. The van der Waals surface area contributed by atoms with Crippen LogP contribution in [0.5, 0.6) is 5.75 Å². The van der Waals surface area contributed by atoms with Crippen molar-refractivity contribution >= 4 is 41.4 Å². The molecule has 44 heavy (non-hydrogen) atoms. The molecule has 1 fully saturated rings. The smallest absolute Gasteiger partial charge is 0.479 e. The lowest BCUT2D eigenvalue weighted by Gasteiger charge is -2.31. The van der Waals surface area contributed by atoms with E-state index in [9.17, 15) is 39.0 Å². The molecule has 16 nitrogen and oxygen atoms in total. The van der Waals surface area contributed by atoms with Gasteiger partial charge in [0, 0.05) is 44.6 Å². The van der Waals surface area contributed by atoms with E-state index in [-0.39, 0.29) is 62.2 Å². The molecule has 1 aromatic rings. The van der Waals surface area contributed by atoms with E-state index in [1.165, 1.54) is 32.2 Å². The molecular formula is C28H38N5O11+. The number of nitrogens with zero attached hydrogens (tertiary/aromatic N) is 2. The minimum Gasteiger partial charge on any atom is -0.479 e. The number of hydrogen-bond donors (Lipinski definition) is 5. The Morgan fingerprint density at radius 3 is 2.45 bits per heavy atom. The molecule has 2 rings (SSSR count). The van der Waals surface area contributed by atoms with Crippen molar-refractivity contribution in [1.29, 1.82) is 0 Å². The zero-order valence-corrected chi connectivity index (χ0v) is 24.9. The third-order valence-electron chi connectivity index (χ3n) is 6.37. The maximum atomic E-state index is 12.7. The van der Waals surface area contributed by atoms with Crippen molar-refractivity contribution in [2.45, 2.75) is 71.2 Å². The Labute approximate surface area is 253 Å². The predicted molar refractivity (Wildman–Crippen MR) is 153 cm³/mol. The highest BCUT2D eigenvalue weighted by molar-refractivity contribution is 5.94. The summed E-state index contributed by atoms with van der Waals surface area (Å²) in [5, 5.41) is 26.9. The van der Waals surface area contributed by atoms with Crippen LogP contribution in [0, 0.1) is 12.5 Å². The van der Waals surface area contributed by atoms with Gasteiger partial charge in [-0.25, -0.2) is 9.59 Å². The number of carbonyl (C=O) groups is 6. The molecule has 0 saturated carbocycles. The standard InChI is InChI=1S/C28H37N5O11/c1-15(2)25(26(38)29-4)33(5)28(41)42-14-17-6-7-20(43-24-12-18(35)11-21(44-24)27(39)40)19(10-17)32-22(36)8-9-30-23(37)13-31-16(3)34/h4,6-7,10,15,18,21,24-25,35H,8-9,11-14H2,1-3,5H3,(H3-,30,31,32,34,36,37,39,40)/p+1/t18?,21-,24?,25-/m0/s1. The predicted octanol–water partition coefficient (Wildman–Crippen LogP) is 0.679. The molecule has 1 aromatic carbocycles. The number of carbonyl (C=O) groups excluding carboxylic acids is 5. The highest BCUT2D eigenvalue weighted by atomic mass is 16.7. The molecule has 1 saturated heterocycles. The van der Waals surface area contributed by atoms with E-state index >= 15 is 0 Å². The number of rotatable bonds is 14. The Bertz CT molecular complexity index is 1280. The Morgan fingerprint density at radius 2 is 1.84 bits per heavy atom. The number of anilines is 1. The lowest BCUT2D eigenvalue weighted by molar-refractivity contribution is -0.195.